The van der Waals surface area contributed by atoms with E-state index in [1.54, 1.807) is 0 Å². The maximum Gasteiger partial charge on any atom is 0.285 e. The summed E-state index contributed by atoms with van der Waals surface area (Å²) < 4.78 is 18.6. The Hall–Kier alpha value is -3.40. The highest BCUT2D eigenvalue weighted by Gasteiger charge is 2.46. The van der Waals surface area contributed by atoms with Gasteiger partial charge in [-0.05, 0) is 34.8 Å². The topological polar surface area (TPSA) is 31.6 Å². The third kappa shape index (κ3) is 1.64. The summed E-state index contributed by atoms with van der Waals surface area (Å²) in [6.07, 6.45) is 0.831. The molecule has 126 valence electrons. The molecule has 27 heavy (non-hydrogen) atoms. The molecule has 0 amide bonds. The van der Waals surface area contributed by atoms with Gasteiger partial charge in [0.15, 0.2) is 0 Å². The molecule has 3 nitrogen and oxygen atoms in total. The van der Waals surface area contributed by atoms with Gasteiger partial charge in [-0.1, -0.05) is 48.5 Å². The predicted molar refractivity (Wildman–Crippen MR) is 105 cm³/mol. The fourth-order valence-electron chi connectivity index (χ4n) is 4.81. The molecule has 0 radical (unpaired) electrons. The van der Waals surface area contributed by atoms with Crippen LogP contribution in [0.2, 0.25) is 0 Å². The van der Waals surface area contributed by atoms with Crippen molar-refractivity contribution < 1.29 is 13.9 Å². The Bertz CT molecular complexity index is 1310. The molecule has 0 atom stereocenters. The summed E-state index contributed by atoms with van der Waals surface area (Å²) in [5.74, 6) is 3.35. The van der Waals surface area contributed by atoms with Gasteiger partial charge in [0.05, 0.1) is 0 Å². The maximum absolute atomic E-state index is 6.36. The average molecular weight is 348 g/mol. The van der Waals surface area contributed by atoms with Crippen molar-refractivity contribution in [3.63, 3.8) is 0 Å². The van der Waals surface area contributed by atoms with Gasteiger partial charge in [0, 0.05) is 22.7 Å². The Morgan fingerprint density at radius 1 is 0.741 bits per heavy atom. The molecule has 0 saturated heterocycles. The SMILES string of the molecule is c1ccc2c(c1)CC1=C2B2c3c(cccc3Oc3oc4ccccc4c32)O1. The molecule has 3 heterocycles. The van der Waals surface area contributed by atoms with Crippen LogP contribution in [0, 0.1) is 0 Å². The van der Waals surface area contributed by atoms with E-state index in [-0.39, 0.29) is 6.71 Å². The molecule has 0 spiro atoms. The van der Waals surface area contributed by atoms with Crippen LogP contribution in [0.1, 0.15) is 11.1 Å². The fourth-order valence-corrected chi connectivity index (χ4v) is 4.81. The summed E-state index contributed by atoms with van der Waals surface area (Å²) in [5.41, 5.74) is 6.91. The number of fused-ring (bicyclic) bond motifs is 7. The van der Waals surface area contributed by atoms with Gasteiger partial charge in [-0.3, -0.25) is 0 Å². The van der Waals surface area contributed by atoms with Crippen molar-refractivity contribution in [3.05, 3.63) is 83.6 Å². The molecule has 4 aromatic rings. The number of para-hydroxylation sites is 1. The lowest BCUT2D eigenvalue weighted by atomic mass is 9.34. The van der Waals surface area contributed by atoms with E-state index in [1.807, 2.05) is 30.3 Å². The van der Waals surface area contributed by atoms with Gasteiger partial charge < -0.3 is 13.9 Å². The lowest BCUT2D eigenvalue weighted by Gasteiger charge is -2.30. The zero-order valence-electron chi connectivity index (χ0n) is 14.4. The number of hydrogen-bond acceptors (Lipinski definition) is 3. The zero-order chi connectivity index (χ0) is 17.5. The van der Waals surface area contributed by atoms with Crippen molar-refractivity contribution in [2.45, 2.75) is 6.42 Å². The van der Waals surface area contributed by atoms with E-state index in [1.165, 1.54) is 16.6 Å². The largest absolute Gasteiger partial charge is 0.462 e. The van der Waals surface area contributed by atoms with Gasteiger partial charge in [-0.2, -0.15) is 0 Å². The molecule has 3 aromatic carbocycles. The Morgan fingerprint density at radius 3 is 2.52 bits per heavy atom. The summed E-state index contributed by atoms with van der Waals surface area (Å²) in [4.78, 5) is 0. The van der Waals surface area contributed by atoms with Gasteiger partial charge >= 0.3 is 0 Å². The average Bonchev–Trinajstić information content (AvgIpc) is 3.25. The molecule has 4 heteroatoms. The minimum absolute atomic E-state index is 0.0657. The summed E-state index contributed by atoms with van der Waals surface area (Å²) >= 11 is 0. The number of benzene rings is 3. The highest BCUT2D eigenvalue weighted by molar-refractivity contribution is 7.03. The van der Waals surface area contributed by atoms with Crippen LogP contribution in [0.25, 0.3) is 16.4 Å². The van der Waals surface area contributed by atoms with E-state index in [0.717, 1.165) is 45.6 Å². The molecule has 0 N–H and O–H groups in total. The van der Waals surface area contributed by atoms with E-state index in [0.29, 0.717) is 5.95 Å². The standard InChI is InChI=1S/C23H13BO3/c1-2-7-14-13(6-1)12-19-20(14)24-21-15-8-3-4-9-16(15)26-23(21)27-18-11-5-10-17(25-19)22(18)24/h1-11H,12H2. The lowest BCUT2D eigenvalue weighted by molar-refractivity contribution is 0.360. The van der Waals surface area contributed by atoms with Crippen molar-refractivity contribution in [3.8, 4) is 17.4 Å². The van der Waals surface area contributed by atoms with Gasteiger partial charge in [0.25, 0.3) is 12.7 Å². The van der Waals surface area contributed by atoms with E-state index in [2.05, 4.69) is 36.4 Å². The molecule has 7 rings (SSSR count). The predicted octanol–water partition coefficient (Wildman–Crippen LogP) is 4.05. The van der Waals surface area contributed by atoms with Gasteiger partial charge in [-0.15, -0.1) is 0 Å². The van der Waals surface area contributed by atoms with Crippen LogP contribution in [0.4, 0.5) is 0 Å². The zero-order valence-corrected chi connectivity index (χ0v) is 14.4. The molecular formula is C23H13BO3. The molecule has 1 aliphatic carbocycles. The van der Waals surface area contributed by atoms with Crippen LogP contribution < -0.4 is 20.4 Å². The first kappa shape index (κ1) is 13.8. The van der Waals surface area contributed by atoms with E-state index in [4.69, 9.17) is 13.9 Å². The summed E-state index contributed by atoms with van der Waals surface area (Å²) in [6.45, 7) is 0.0657. The van der Waals surface area contributed by atoms with Crippen molar-refractivity contribution in [2.24, 2.45) is 0 Å². The number of ether oxygens (including phenoxy) is 2. The minimum atomic E-state index is 0.0657. The van der Waals surface area contributed by atoms with E-state index >= 15 is 0 Å². The van der Waals surface area contributed by atoms with Gasteiger partial charge in [-0.25, -0.2) is 0 Å². The Labute approximate surface area is 155 Å². The maximum atomic E-state index is 6.36. The van der Waals surface area contributed by atoms with E-state index < -0.39 is 0 Å². The molecular weight excluding hydrogens is 335 g/mol. The first-order valence-electron chi connectivity index (χ1n) is 9.20. The third-order valence-corrected chi connectivity index (χ3v) is 5.89. The molecule has 1 aromatic heterocycles. The molecule has 0 unspecified atom stereocenters. The van der Waals surface area contributed by atoms with Crippen molar-refractivity contribution in [1.29, 1.82) is 0 Å². The number of hydrogen-bond donors (Lipinski definition) is 0. The van der Waals surface area contributed by atoms with Crippen LogP contribution in [0.3, 0.4) is 0 Å². The summed E-state index contributed by atoms with van der Waals surface area (Å²) in [7, 11) is 0. The lowest BCUT2D eigenvalue weighted by Crippen LogP contribution is -2.49. The van der Waals surface area contributed by atoms with Crippen LogP contribution in [-0.4, -0.2) is 6.71 Å². The first-order valence-corrected chi connectivity index (χ1v) is 9.20. The van der Waals surface area contributed by atoms with Gasteiger partial charge in [0.1, 0.15) is 22.8 Å². The van der Waals surface area contributed by atoms with Crippen LogP contribution in [0.15, 0.2) is 76.9 Å². The number of allylic oxidation sites excluding steroid dienone is 1. The normalized spacial score (nSPS) is 15.6. The Morgan fingerprint density at radius 2 is 1.56 bits per heavy atom. The molecule has 0 fully saturated rings. The van der Waals surface area contributed by atoms with E-state index in [9.17, 15) is 0 Å². The summed E-state index contributed by atoms with van der Waals surface area (Å²) in [5, 5.41) is 1.11. The minimum Gasteiger partial charge on any atom is -0.462 e. The second-order valence-corrected chi connectivity index (χ2v) is 7.28. The monoisotopic (exact) mass is 348 g/mol. The second kappa shape index (κ2) is 4.66. The molecule has 3 aliphatic rings. The molecule has 0 bridgehead atoms. The van der Waals surface area contributed by atoms with Crippen LogP contribution in [-0.2, 0) is 6.42 Å². The third-order valence-electron chi connectivity index (χ3n) is 5.89. The van der Waals surface area contributed by atoms with Gasteiger partial charge in [0.2, 0.25) is 0 Å². The molecule has 2 aliphatic heterocycles. The Balaban J connectivity index is 1.60. The smallest absolute Gasteiger partial charge is 0.285 e. The van der Waals surface area contributed by atoms with Crippen LogP contribution >= 0.6 is 0 Å². The highest BCUT2D eigenvalue weighted by atomic mass is 16.6. The number of rotatable bonds is 0. The fraction of sp³-hybridized carbons (Fsp3) is 0.0435. The van der Waals surface area contributed by atoms with Crippen molar-refractivity contribution in [2.75, 3.05) is 0 Å². The van der Waals surface area contributed by atoms with Crippen molar-refractivity contribution in [1.82, 2.24) is 0 Å². The second-order valence-electron chi connectivity index (χ2n) is 7.28. The Kier molecular flexibility index (Phi) is 2.37. The quantitative estimate of drug-likeness (QED) is 0.450. The first-order chi connectivity index (χ1) is 13.4. The summed E-state index contributed by atoms with van der Waals surface area (Å²) in [6, 6.07) is 22.8. The van der Waals surface area contributed by atoms with Crippen molar-refractivity contribution >= 4 is 34.1 Å². The van der Waals surface area contributed by atoms with Crippen LogP contribution in [0.5, 0.6) is 17.4 Å². The number of furan rings is 1. The molecule has 0 saturated carbocycles. The highest BCUT2D eigenvalue weighted by Crippen LogP contribution is 2.44.